The van der Waals surface area contributed by atoms with Crippen molar-refractivity contribution in [2.45, 2.75) is 158 Å². The average molecular weight is 1410 g/mol. The summed E-state index contributed by atoms with van der Waals surface area (Å²) in [4.78, 5) is 0. The Morgan fingerprint density at radius 1 is 0.202 bits per heavy atom. The molecule has 3 saturated heterocycles. The normalized spacial score (nSPS) is 24.8. The highest BCUT2D eigenvalue weighted by Crippen LogP contribution is 2.39. The Morgan fingerprint density at radius 2 is 0.423 bits per heavy atom. The van der Waals surface area contributed by atoms with Crippen molar-refractivity contribution in [2.24, 2.45) is 0 Å². The maximum atomic E-state index is 12.4. The Balaban J connectivity index is 0.892. The lowest BCUT2D eigenvalue weighted by molar-refractivity contribution is -0.381. The standard InChI is InChI=1S/C88H92O16/c89-86-83(97-58-71-45-25-8-26-46-71)80(94-55-68-39-19-5-20-40-68)78(93-54-67-37-17-4-18-38-67)76(101-86)63-100-87-84(98-59-72-47-27-9-28-48-72)82(96-57-70-43-23-7-24-44-70)79(75(102-87)62-91-52-65-33-13-2-14-34-65)104-88-85(99-60-73-49-29-10-30-50-73)81(95-56-69-41-21-6-22-42-69)77(92-53-66-35-15-3-16-36-66)74(103-88)61-90-51-64-31-11-1-12-32-64/h1-50,74-89H,51-63H2/t74-,75-,76-,77+,78-,79-,80+,81+,82+,83-,84-,85-,86+,87+,88+/m1/s1. The van der Waals surface area contributed by atoms with Crippen molar-refractivity contribution in [3.8, 4) is 0 Å². The fourth-order valence-corrected chi connectivity index (χ4v) is 13.2. The predicted molar refractivity (Wildman–Crippen MR) is 391 cm³/mol. The highest BCUT2D eigenvalue weighted by molar-refractivity contribution is 5.21. The van der Waals surface area contributed by atoms with Crippen molar-refractivity contribution in [2.75, 3.05) is 19.8 Å². The van der Waals surface area contributed by atoms with E-state index in [1.54, 1.807) is 0 Å². The fourth-order valence-electron chi connectivity index (χ4n) is 13.2. The molecule has 0 bridgehead atoms. The van der Waals surface area contributed by atoms with E-state index >= 15 is 0 Å². The average Bonchev–Trinajstić information content (AvgIpc) is 0.770. The van der Waals surface area contributed by atoms with Gasteiger partial charge in [0.1, 0.15) is 73.2 Å². The van der Waals surface area contributed by atoms with E-state index in [4.69, 9.17) is 71.1 Å². The molecule has 0 unspecified atom stereocenters. The zero-order valence-electron chi connectivity index (χ0n) is 58.3. The zero-order valence-corrected chi connectivity index (χ0v) is 58.3. The molecule has 0 aromatic heterocycles. The van der Waals surface area contributed by atoms with Crippen LogP contribution in [0.25, 0.3) is 0 Å². The number of aliphatic hydroxyl groups excluding tert-OH is 1. The van der Waals surface area contributed by atoms with Gasteiger partial charge in [-0.2, -0.15) is 0 Å². The van der Waals surface area contributed by atoms with Crippen LogP contribution in [-0.4, -0.2) is 117 Å². The third-order valence-electron chi connectivity index (χ3n) is 18.6. The molecule has 1 N–H and O–H groups in total. The van der Waals surface area contributed by atoms with Crippen LogP contribution in [0.2, 0.25) is 0 Å². The summed E-state index contributed by atoms with van der Waals surface area (Å²) in [6.07, 6.45) is -15.3. The van der Waals surface area contributed by atoms with Crippen LogP contribution in [0, 0.1) is 0 Å². The minimum atomic E-state index is -1.50. The maximum Gasteiger partial charge on any atom is 0.187 e. The third kappa shape index (κ3) is 21.6. The first-order valence-electron chi connectivity index (χ1n) is 35.9. The Morgan fingerprint density at radius 3 is 0.740 bits per heavy atom. The first-order chi connectivity index (χ1) is 51.5. The predicted octanol–water partition coefficient (Wildman–Crippen LogP) is 14.7. The van der Waals surface area contributed by atoms with Gasteiger partial charge >= 0.3 is 0 Å². The number of hydrogen-bond donors (Lipinski definition) is 1. The SMILES string of the molecule is O[C@H]1O[C@H](CO[C@H]2O[C@H](COCc3ccccc3)[C@@H](O[C@@H]3O[C@H](COCc4ccccc4)[C@H](OCc4ccccc4)[C@H](OCc4ccccc4)[C@H]3OCc3ccccc3)[C@H](OCc3ccccc3)[C@H]2OCc2ccccc2)[C@@H](OCc2ccccc2)[C@H](OCc2ccccc2)[C@H]1OCc1ccccc1. The van der Waals surface area contributed by atoms with Crippen molar-refractivity contribution < 1.29 is 76.2 Å². The summed E-state index contributed by atoms with van der Waals surface area (Å²) < 4.78 is 107. The van der Waals surface area contributed by atoms with E-state index in [1.807, 2.05) is 303 Å². The van der Waals surface area contributed by atoms with Gasteiger partial charge in [0.05, 0.1) is 85.9 Å². The molecule has 3 heterocycles. The highest BCUT2D eigenvalue weighted by Gasteiger charge is 2.56. The molecule has 13 rings (SSSR count). The Hall–Kier alpha value is -8.44. The number of benzene rings is 10. The molecule has 3 aliphatic heterocycles. The molecule has 540 valence electrons. The van der Waals surface area contributed by atoms with Gasteiger partial charge < -0.3 is 76.2 Å². The van der Waals surface area contributed by atoms with Crippen LogP contribution in [0.1, 0.15) is 55.6 Å². The number of rotatable bonds is 37. The van der Waals surface area contributed by atoms with Gasteiger partial charge in [-0.1, -0.05) is 303 Å². The molecule has 0 amide bonds. The van der Waals surface area contributed by atoms with Crippen LogP contribution >= 0.6 is 0 Å². The van der Waals surface area contributed by atoms with Crippen molar-refractivity contribution >= 4 is 0 Å². The molecule has 0 radical (unpaired) electrons. The lowest BCUT2D eigenvalue weighted by atomic mass is 9.95. The van der Waals surface area contributed by atoms with Crippen LogP contribution in [0.4, 0.5) is 0 Å². The minimum Gasteiger partial charge on any atom is -0.374 e. The maximum absolute atomic E-state index is 12.4. The summed E-state index contributed by atoms with van der Waals surface area (Å²) >= 11 is 0. The molecule has 15 atom stereocenters. The molecule has 10 aromatic carbocycles. The van der Waals surface area contributed by atoms with E-state index in [0.29, 0.717) is 6.61 Å². The van der Waals surface area contributed by atoms with E-state index in [9.17, 15) is 5.11 Å². The fraction of sp³-hybridized carbons (Fsp3) is 0.318. The summed E-state index contributed by atoms with van der Waals surface area (Å²) in [5.74, 6) is 0. The largest absolute Gasteiger partial charge is 0.374 e. The first-order valence-corrected chi connectivity index (χ1v) is 35.9. The lowest BCUT2D eigenvalue weighted by Crippen LogP contribution is -2.67. The second kappa shape index (κ2) is 39.6. The van der Waals surface area contributed by atoms with Gasteiger partial charge in [0, 0.05) is 0 Å². The van der Waals surface area contributed by atoms with E-state index in [1.165, 1.54) is 0 Å². The molecule has 10 aromatic rings. The van der Waals surface area contributed by atoms with Crippen molar-refractivity contribution in [1.29, 1.82) is 0 Å². The molecule has 0 aliphatic carbocycles. The Labute approximate surface area is 610 Å². The van der Waals surface area contributed by atoms with Crippen LogP contribution in [0.3, 0.4) is 0 Å². The van der Waals surface area contributed by atoms with Crippen LogP contribution in [-0.2, 0) is 137 Å². The zero-order chi connectivity index (χ0) is 70.6. The van der Waals surface area contributed by atoms with Gasteiger partial charge in [0.25, 0.3) is 0 Å². The topological polar surface area (TPSA) is 159 Å². The first kappa shape index (κ1) is 73.9. The molecule has 0 spiro atoms. The van der Waals surface area contributed by atoms with E-state index in [2.05, 4.69) is 0 Å². The number of ether oxygens (including phenoxy) is 15. The van der Waals surface area contributed by atoms with Gasteiger partial charge in [-0.25, -0.2) is 0 Å². The van der Waals surface area contributed by atoms with Gasteiger partial charge in [0.15, 0.2) is 18.9 Å². The quantitative estimate of drug-likeness (QED) is 0.0392. The Kier molecular flexibility index (Phi) is 28.1. The van der Waals surface area contributed by atoms with Crippen molar-refractivity contribution in [1.82, 2.24) is 0 Å². The van der Waals surface area contributed by atoms with E-state index < -0.39 is 92.1 Å². The number of hydrogen-bond acceptors (Lipinski definition) is 16. The Bertz CT molecular complexity index is 3960. The van der Waals surface area contributed by atoms with Crippen LogP contribution in [0.15, 0.2) is 303 Å². The molecule has 16 heteroatoms. The monoisotopic (exact) mass is 1400 g/mol. The summed E-state index contributed by atoms with van der Waals surface area (Å²) in [5.41, 5.74) is 9.28. The molecular weight excluding hydrogens is 1310 g/mol. The lowest BCUT2D eigenvalue weighted by Gasteiger charge is -2.50. The van der Waals surface area contributed by atoms with Gasteiger partial charge in [-0.05, 0) is 55.6 Å². The van der Waals surface area contributed by atoms with E-state index in [-0.39, 0.29) is 79.3 Å². The highest BCUT2D eigenvalue weighted by atomic mass is 16.8. The summed E-state index contributed by atoms with van der Waals surface area (Å²) in [6.45, 7) is 1.71. The number of aliphatic hydroxyl groups is 1. The molecular formula is C88H92O16. The second-order valence-corrected chi connectivity index (χ2v) is 26.2. The molecule has 0 saturated carbocycles. The van der Waals surface area contributed by atoms with Crippen LogP contribution < -0.4 is 0 Å². The smallest absolute Gasteiger partial charge is 0.187 e. The van der Waals surface area contributed by atoms with Gasteiger partial charge in [-0.3, -0.25) is 0 Å². The van der Waals surface area contributed by atoms with Crippen molar-refractivity contribution in [3.05, 3.63) is 359 Å². The molecule has 104 heavy (non-hydrogen) atoms. The second-order valence-electron chi connectivity index (χ2n) is 26.2. The summed E-state index contributed by atoms with van der Waals surface area (Å²) in [7, 11) is 0. The molecule has 3 aliphatic rings. The summed E-state index contributed by atoms with van der Waals surface area (Å²) in [6, 6.07) is 99.5. The van der Waals surface area contributed by atoms with Gasteiger partial charge in [-0.15, -0.1) is 0 Å². The van der Waals surface area contributed by atoms with Gasteiger partial charge in [0.2, 0.25) is 0 Å². The van der Waals surface area contributed by atoms with E-state index in [0.717, 1.165) is 55.6 Å². The third-order valence-corrected chi connectivity index (χ3v) is 18.6. The van der Waals surface area contributed by atoms with Crippen LogP contribution in [0.5, 0.6) is 0 Å². The molecule has 16 nitrogen and oxygen atoms in total. The minimum absolute atomic E-state index is 0.0318. The molecule has 3 fully saturated rings. The van der Waals surface area contributed by atoms with Crippen molar-refractivity contribution in [3.63, 3.8) is 0 Å². The summed E-state index contributed by atoms with van der Waals surface area (Å²) in [5, 5.41) is 12.4.